The van der Waals surface area contributed by atoms with Crippen molar-refractivity contribution in [3.05, 3.63) is 0 Å². The molecule has 68 valence electrons. The van der Waals surface area contributed by atoms with Gasteiger partial charge in [-0.1, -0.05) is 20.8 Å². The summed E-state index contributed by atoms with van der Waals surface area (Å²) in [6, 6.07) is 0. The first-order valence-electron chi connectivity index (χ1n) is 4.20. The van der Waals surface area contributed by atoms with E-state index in [4.69, 9.17) is 4.74 Å². The van der Waals surface area contributed by atoms with Crippen LogP contribution in [0.15, 0.2) is 0 Å². The van der Waals surface area contributed by atoms with Crippen LogP contribution >= 0.6 is 0 Å². The molecule has 2 heteroatoms. The van der Waals surface area contributed by atoms with Crippen molar-refractivity contribution in [2.75, 3.05) is 13.2 Å². The Hall–Kier alpha value is -0.370. The zero-order valence-corrected chi connectivity index (χ0v) is 8.09. The molecule has 0 bridgehead atoms. The van der Waals surface area contributed by atoms with Gasteiger partial charge < -0.3 is 9.53 Å². The second-order valence-corrected chi connectivity index (χ2v) is 2.63. The van der Waals surface area contributed by atoms with Crippen molar-refractivity contribution in [1.29, 1.82) is 0 Å². The molecule has 0 unspecified atom stereocenters. The van der Waals surface area contributed by atoms with Crippen LogP contribution < -0.4 is 0 Å². The Bertz CT molecular complexity index is 70.0. The van der Waals surface area contributed by atoms with Crippen LogP contribution in [0.4, 0.5) is 0 Å². The van der Waals surface area contributed by atoms with E-state index in [1.165, 1.54) is 0 Å². The van der Waals surface area contributed by atoms with Gasteiger partial charge in [-0.2, -0.15) is 0 Å². The molecule has 0 spiro atoms. The summed E-state index contributed by atoms with van der Waals surface area (Å²) in [5.41, 5.74) is 0. The molecule has 0 fully saturated rings. The minimum atomic E-state index is 0.639. The molecule has 0 aromatic heterocycles. The van der Waals surface area contributed by atoms with Crippen molar-refractivity contribution in [3.8, 4) is 0 Å². The van der Waals surface area contributed by atoms with Gasteiger partial charge >= 0.3 is 0 Å². The van der Waals surface area contributed by atoms with Gasteiger partial charge in [0.25, 0.3) is 0 Å². The summed E-state index contributed by atoms with van der Waals surface area (Å²) in [6.45, 7) is 9.87. The second-order valence-electron chi connectivity index (χ2n) is 2.63. The number of carbonyl (C=O) groups is 1. The maximum Gasteiger partial charge on any atom is 0.119 e. The first kappa shape index (κ1) is 13.2. The molecule has 0 aliphatic heterocycles. The van der Waals surface area contributed by atoms with Crippen LogP contribution in [0, 0.1) is 5.92 Å². The second kappa shape index (κ2) is 12.3. The number of hydrogen-bond acceptors (Lipinski definition) is 2. The van der Waals surface area contributed by atoms with E-state index in [1.807, 2.05) is 13.8 Å². The predicted octanol–water partition coefficient (Wildman–Crippen LogP) is 2.27. The highest BCUT2D eigenvalue weighted by Gasteiger charge is 1.88. The van der Waals surface area contributed by atoms with E-state index in [0.29, 0.717) is 12.3 Å². The van der Waals surface area contributed by atoms with Crippen molar-refractivity contribution in [1.82, 2.24) is 0 Å². The molecule has 0 radical (unpaired) electrons. The highest BCUT2D eigenvalue weighted by molar-refractivity contribution is 5.48. The van der Waals surface area contributed by atoms with Crippen molar-refractivity contribution >= 4 is 6.29 Å². The van der Waals surface area contributed by atoms with Crippen LogP contribution in [0.1, 0.15) is 34.1 Å². The molecular weight excluding hydrogens is 140 g/mol. The highest BCUT2D eigenvalue weighted by Crippen LogP contribution is 1.90. The maximum absolute atomic E-state index is 9.17. The number of rotatable bonds is 4. The average molecular weight is 160 g/mol. The van der Waals surface area contributed by atoms with Crippen LogP contribution in [-0.4, -0.2) is 19.5 Å². The molecule has 0 amide bonds. The summed E-state index contributed by atoms with van der Waals surface area (Å²) in [5, 5.41) is 0. The third kappa shape index (κ3) is 26.2. The van der Waals surface area contributed by atoms with Gasteiger partial charge in [-0.3, -0.25) is 0 Å². The van der Waals surface area contributed by atoms with Crippen LogP contribution in [0.5, 0.6) is 0 Å². The van der Waals surface area contributed by atoms with E-state index in [2.05, 4.69) is 13.8 Å². The lowest BCUT2D eigenvalue weighted by atomic mass is 10.2. The number of hydrogen-bond donors (Lipinski definition) is 0. The first-order chi connectivity index (χ1) is 5.18. The Morgan fingerprint density at radius 2 is 1.82 bits per heavy atom. The molecule has 0 aromatic rings. The van der Waals surface area contributed by atoms with Crippen LogP contribution in [-0.2, 0) is 9.53 Å². The lowest BCUT2D eigenvalue weighted by Crippen LogP contribution is -2.00. The summed E-state index contributed by atoms with van der Waals surface area (Å²) in [6.07, 6.45) is 1.51. The molecule has 0 aliphatic rings. The van der Waals surface area contributed by atoms with Gasteiger partial charge in [-0.25, -0.2) is 0 Å². The van der Waals surface area contributed by atoms with Gasteiger partial charge in [0.2, 0.25) is 0 Å². The maximum atomic E-state index is 9.17. The summed E-state index contributed by atoms with van der Waals surface area (Å²) in [4.78, 5) is 9.17. The molecule has 11 heavy (non-hydrogen) atoms. The lowest BCUT2D eigenvalue weighted by Gasteiger charge is -2.01. The van der Waals surface area contributed by atoms with Gasteiger partial charge in [0.15, 0.2) is 0 Å². The Labute approximate surface area is 69.9 Å². The molecular formula is C9H20O2. The largest absolute Gasteiger partial charge is 0.381 e. The van der Waals surface area contributed by atoms with Crippen LogP contribution in [0.25, 0.3) is 0 Å². The zero-order chi connectivity index (χ0) is 9.11. The number of aldehydes is 1. The van der Waals surface area contributed by atoms with Crippen molar-refractivity contribution < 1.29 is 9.53 Å². The third-order valence-electron chi connectivity index (χ3n) is 0.822. The van der Waals surface area contributed by atoms with Gasteiger partial charge in [0.05, 0.1) is 0 Å². The molecule has 0 N–H and O–H groups in total. The minimum Gasteiger partial charge on any atom is -0.381 e. The fourth-order valence-electron chi connectivity index (χ4n) is 0.354. The lowest BCUT2D eigenvalue weighted by molar-refractivity contribution is -0.107. The fourth-order valence-corrected chi connectivity index (χ4v) is 0.354. The van der Waals surface area contributed by atoms with E-state index in [0.717, 1.165) is 19.5 Å². The third-order valence-corrected chi connectivity index (χ3v) is 0.822. The normalized spacial score (nSPS) is 8.82. The van der Waals surface area contributed by atoms with Crippen molar-refractivity contribution in [3.63, 3.8) is 0 Å². The summed E-state index contributed by atoms with van der Waals surface area (Å²) < 4.78 is 5.09. The Balaban J connectivity index is 0. The van der Waals surface area contributed by atoms with E-state index in [1.54, 1.807) is 0 Å². The average Bonchev–Trinajstić information content (AvgIpc) is 2.01. The Morgan fingerprint density at radius 1 is 1.36 bits per heavy atom. The molecule has 0 atom stereocenters. The standard InChI is InChI=1S/C6H14O.C3H6O/c1-4-7-5-6(2)3;1-2-3-4/h6H,4-5H2,1-3H3;3H,2H2,1H3. The van der Waals surface area contributed by atoms with E-state index in [-0.39, 0.29) is 0 Å². The molecule has 2 nitrogen and oxygen atoms in total. The smallest absolute Gasteiger partial charge is 0.119 e. The first-order valence-corrected chi connectivity index (χ1v) is 4.20. The zero-order valence-electron chi connectivity index (χ0n) is 8.09. The monoisotopic (exact) mass is 160 g/mol. The minimum absolute atomic E-state index is 0.639. The van der Waals surface area contributed by atoms with Gasteiger partial charge in [0.1, 0.15) is 6.29 Å². The van der Waals surface area contributed by atoms with Crippen molar-refractivity contribution in [2.24, 2.45) is 5.92 Å². The summed E-state index contributed by atoms with van der Waals surface area (Å²) in [5.74, 6) is 0.681. The molecule has 0 saturated carbocycles. The van der Waals surface area contributed by atoms with Gasteiger partial charge in [-0.05, 0) is 12.8 Å². The molecule has 0 rings (SSSR count). The quantitative estimate of drug-likeness (QED) is 0.590. The van der Waals surface area contributed by atoms with Crippen molar-refractivity contribution in [2.45, 2.75) is 34.1 Å². The molecule has 0 heterocycles. The van der Waals surface area contributed by atoms with E-state index >= 15 is 0 Å². The Morgan fingerprint density at radius 3 is 1.91 bits per heavy atom. The number of ether oxygens (including phenoxy) is 1. The Kier molecular flexibility index (Phi) is 14.8. The van der Waals surface area contributed by atoms with Gasteiger partial charge in [0, 0.05) is 19.6 Å². The molecule has 0 saturated heterocycles. The fraction of sp³-hybridized carbons (Fsp3) is 0.889. The summed E-state index contributed by atoms with van der Waals surface area (Å²) >= 11 is 0. The highest BCUT2D eigenvalue weighted by atomic mass is 16.5. The summed E-state index contributed by atoms with van der Waals surface area (Å²) in [7, 11) is 0. The SMILES string of the molecule is CCC=O.CCOCC(C)C. The van der Waals surface area contributed by atoms with Gasteiger partial charge in [-0.15, -0.1) is 0 Å². The topological polar surface area (TPSA) is 26.3 Å². The van der Waals surface area contributed by atoms with E-state index < -0.39 is 0 Å². The molecule has 0 aliphatic carbocycles. The van der Waals surface area contributed by atoms with E-state index in [9.17, 15) is 4.79 Å². The van der Waals surface area contributed by atoms with Crippen LogP contribution in [0.2, 0.25) is 0 Å². The predicted molar refractivity (Wildman–Crippen MR) is 47.7 cm³/mol. The number of carbonyl (C=O) groups excluding carboxylic acids is 1. The van der Waals surface area contributed by atoms with Crippen LogP contribution in [0.3, 0.4) is 0 Å². The molecule has 0 aromatic carbocycles.